The van der Waals surface area contributed by atoms with E-state index < -0.39 is 5.97 Å². The Kier molecular flexibility index (Phi) is 6.33. The fourth-order valence-corrected chi connectivity index (χ4v) is 4.78. The first-order valence-corrected chi connectivity index (χ1v) is 10.4. The van der Waals surface area contributed by atoms with Crippen molar-refractivity contribution in [2.24, 2.45) is 0 Å². The lowest BCUT2D eigenvalue weighted by Gasteiger charge is -2.25. The number of nitrogens with zero attached hydrogens (tertiary/aromatic N) is 2. The fraction of sp³-hybridized carbons (Fsp3) is 0.389. The van der Waals surface area contributed by atoms with Crippen LogP contribution in [0.15, 0.2) is 27.9 Å². The predicted octanol–water partition coefficient (Wildman–Crippen LogP) is 3.48. The van der Waals surface area contributed by atoms with E-state index in [2.05, 4.69) is 10.3 Å². The van der Waals surface area contributed by atoms with E-state index in [9.17, 15) is 14.0 Å². The number of halogens is 1. The molecule has 0 bridgehead atoms. The van der Waals surface area contributed by atoms with Gasteiger partial charge < -0.3 is 15.3 Å². The number of thioether (sulfide) groups is 1. The van der Waals surface area contributed by atoms with Crippen molar-refractivity contribution in [1.29, 1.82) is 0 Å². The number of thiazole rings is 1. The number of rotatable bonds is 8. The molecule has 0 aliphatic carbocycles. The van der Waals surface area contributed by atoms with Gasteiger partial charge in [0, 0.05) is 36.7 Å². The van der Waals surface area contributed by atoms with Gasteiger partial charge >= 0.3 is 5.97 Å². The third-order valence-corrected chi connectivity index (χ3v) is 6.36. The molecule has 1 amide bonds. The summed E-state index contributed by atoms with van der Waals surface area (Å²) in [6.45, 7) is 2.95. The van der Waals surface area contributed by atoms with Crippen molar-refractivity contribution < 1.29 is 19.1 Å². The van der Waals surface area contributed by atoms with Crippen LogP contribution in [0.3, 0.4) is 0 Å². The second kappa shape index (κ2) is 8.71. The first kappa shape index (κ1) is 19.6. The highest BCUT2D eigenvalue weighted by Crippen LogP contribution is 2.25. The highest BCUT2D eigenvalue weighted by Gasteiger charge is 2.30. The van der Waals surface area contributed by atoms with Crippen molar-refractivity contribution in [3.05, 3.63) is 40.7 Å². The number of aromatic carboxylic acids is 1. The fourth-order valence-electron chi connectivity index (χ4n) is 2.97. The minimum atomic E-state index is -1.04. The van der Waals surface area contributed by atoms with Crippen LogP contribution in [0.5, 0.6) is 0 Å². The number of hydrogen-bond donors (Lipinski definition) is 2. The quantitative estimate of drug-likeness (QED) is 0.650. The van der Waals surface area contributed by atoms with Gasteiger partial charge in [-0.25, -0.2) is 14.2 Å². The number of hydrogen-bond acceptors (Lipinski definition) is 6. The number of carboxylic acids is 1. The molecule has 144 valence electrons. The molecular formula is C18H20FN3O3S2. The summed E-state index contributed by atoms with van der Waals surface area (Å²) in [6.07, 6.45) is 1.23. The van der Waals surface area contributed by atoms with Gasteiger partial charge in [-0.3, -0.25) is 4.79 Å². The van der Waals surface area contributed by atoms with E-state index in [-0.39, 0.29) is 23.5 Å². The molecule has 2 aromatic rings. The van der Waals surface area contributed by atoms with E-state index in [1.54, 1.807) is 12.1 Å². The van der Waals surface area contributed by atoms with Crippen molar-refractivity contribution in [2.75, 3.05) is 24.2 Å². The number of likely N-dealkylation sites (tertiary alicyclic amines) is 1. The Balaban J connectivity index is 1.52. The van der Waals surface area contributed by atoms with E-state index in [1.165, 1.54) is 34.5 Å². The molecule has 1 atom stereocenters. The summed E-state index contributed by atoms with van der Waals surface area (Å²) in [5.41, 5.74) is 1.47. The standard InChI is InChI=1S/C18H20FN3O3S2/c1-11-2-4-13(19)14(8-11)20-9-12-3-5-16(23)22(12)6-7-26-18-21-15(10-27-18)17(24)25/h2,4,8,10,12,20H,3,5-7,9H2,1H3,(H,24,25)/t12-/m1/s1. The van der Waals surface area contributed by atoms with Crippen LogP contribution < -0.4 is 5.32 Å². The molecule has 9 heteroatoms. The van der Waals surface area contributed by atoms with Gasteiger partial charge in [-0.2, -0.15) is 0 Å². The minimum Gasteiger partial charge on any atom is -0.476 e. The average Bonchev–Trinajstić information content (AvgIpc) is 3.24. The van der Waals surface area contributed by atoms with Gasteiger partial charge in [0.15, 0.2) is 10.0 Å². The van der Waals surface area contributed by atoms with E-state index in [0.29, 0.717) is 35.3 Å². The van der Waals surface area contributed by atoms with Crippen LogP contribution in [0, 0.1) is 12.7 Å². The van der Waals surface area contributed by atoms with Crippen molar-refractivity contribution in [3.8, 4) is 0 Å². The number of carbonyl (C=O) groups is 2. The number of nitrogens with one attached hydrogen (secondary N) is 1. The SMILES string of the molecule is Cc1ccc(F)c(NC[C@H]2CCC(=O)N2CCSc2nc(C(=O)O)cs2)c1. The van der Waals surface area contributed by atoms with Gasteiger partial charge in [0.2, 0.25) is 5.91 Å². The Morgan fingerprint density at radius 3 is 3.07 bits per heavy atom. The van der Waals surface area contributed by atoms with Crippen molar-refractivity contribution in [1.82, 2.24) is 9.88 Å². The molecule has 6 nitrogen and oxygen atoms in total. The van der Waals surface area contributed by atoms with Crippen LogP contribution in [-0.4, -0.2) is 51.8 Å². The molecule has 1 aliphatic heterocycles. The molecule has 2 N–H and O–H groups in total. The molecule has 2 heterocycles. The zero-order valence-electron chi connectivity index (χ0n) is 14.8. The molecule has 0 spiro atoms. The summed E-state index contributed by atoms with van der Waals surface area (Å²) in [6, 6.07) is 4.93. The molecule has 0 unspecified atom stereocenters. The van der Waals surface area contributed by atoms with Crippen molar-refractivity contribution in [3.63, 3.8) is 0 Å². The molecule has 1 saturated heterocycles. The third-order valence-electron chi connectivity index (χ3n) is 4.36. The van der Waals surface area contributed by atoms with Crippen LogP contribution in [-0.2, 0) is 4.79 Å². The van der Waals surface area contributed by atoms with E-state index in [0.717, 1.165) is 12.0 Å². The average molecular weight is 410 g/mol. The predicted molar refractivity (Wildman–Crippen MR) is 104 cm³/mol. The molecule has 3 rings (SSSR count). The molecule has 1 aromatic carbocycles. The Bertz CT molecular complexity index is 843. The minimum absolute atomic E-state index is 0.0175. The number of amides is 1. The maximum absolute atomic E-state index is 13.9. The Labute approximate surface area is 164 Å². The Morgan fingerprint density at radius 2 is 2.33 bits per heavy atom. The third kappa shape index (κ3) is 4.98. The monoisotopic (exact) mass is 409 g/mol. The number of aromatic nitrogens is 1. The molecule has 1 aliphatic rings. The zero-order chi connectivity index (χ0) is 19.4. The number of carbonyl (C=O) groups excluding carboxylic acids is 1. The summed E-state index contributed by atoms with van der Waals surface area (Å²) in [4.78, 5) is 28.9. The maximum Gasteiger partial charge on any atom is 0.355 e. The highest BCUT2D eigenvalue weighted by molar-refractivity contribution is 8.01. The smallest absolute Gasteiger partial charge is 0.355 e. The van der Waals surface area contributed by atoms with Crippen LogP contribution in [0.1, 0.15) is 28.9 Å². The molecule has 27 heavy (non-hydrogen) atoms. The first-order chi connectivity index (χ1) is 12.9. The number of carboxylic acid groups (broad SMARTS) is 1. The summed E-state index contributed by atoms with van der Waals surface area (Å²) in [7, 11) is 0. The Hall–Kier alpha value is -2.13. The van der Waals surface area contributed by atoms with Crippen LogP contribution in [0.4, 0.5) is 10.1 Å². The van der Waals surface area contributed by atoms with Crippen LogP contribution >= 0.6 is 23.1 Å². The normalized spacial score (nSPS) is 16.7. The molecule has 1 fully saturated rings. The summed E-state index contributed by atoms with van der Waals surface area (Å²) in [5.74, 6) is -0.613. The van der Waals surface area contributed by atoms with Crippen molar-refractivity contribution >= 4 is 40.7 Å². The number of anilines is 1. The molecule has 0 radical (unpaired) electrons. The lowest BCUT2D eigenvalue weighted by molar-refractivity contribution is -0.128. The van der Waals surface area contributed by atoms with Gasteiger partial charge in [-0.15, -0.1) is 11.3 Å². The largest absolute Gasteiger partial charge is 0.476 e. The van der Waals surface area contributed by atoms with Gasteiger partial charge in [0.25, 0.3) is 0 Å². The lowest BCUT2D eigenvalue weighted by Crippen LogP contribution is -2.39. The topological polar surface area (TPSA) is 82.5 Å². The first-order valence-electron chi connectivity index (χ1n) is 8.55. The van der Waals surface area contributed by atoms with Gasteiger partial charge in [0.1, 0.15) is 5.82 Å². The molecule has 1 aromatic heterocycles. The highest BCUT2D eigenvalue weighted by atomic mass is 32.2. The van der Waals surface area contributed by atoms with Crippen molar-refractivity contribution in [2.45, 2.75) is 30.1 Å². The lowest BCUT2D eigenvalue weighted by atomic mass is 10.2. The van der Waals surface area contributed by atoms with Gasteiger partial charge in [-0.05, 0) is 31.0 Å². The molecular weight excluding hydrogens is 389 g/mol. The molecule has 0 saturated carbocycles. The van der Waals surface area contributed by atoms with Crippen LogP contribution in [0.2, 0.25) is 0 Å². The van der Waals surface area contributed by atoms with E-state index in [4.69, 9.17) is 5.11 Å². The van der Waals surface area contributed by atoms with E-state index >= 15 is 0 Å². The summed E-state index contributed by atoms with van der Waals surface area (Å²) in [5, 5.41) is 13.5. The van der Waals surface area contributed by atoms with Crippen LogP contribution in [0.25, 0.3) is 0 Å². The number of aryl methyl sites for hydroxylation is 1. The van der Waals surface area contributed by atoms with Gasteiger partial charge in [-0.1, -0.05) is 17.8 Å². The number of benzene rings is 1. The summed E-state index contributed by atoms with van der Waals surface area (Å²) >= 11 is 2.72. The van der Waals surface area contributed by atoms with Gasteiger partial charge in [0.05, 0.1) is 5.69 Å². The van der Waals surface area contributed by atoms with E-state index in [1.807, 2.05) is 11.8 Å². The Morgan fingerprint density at radius 1 is 1.52 bits per heavy atom. The second-order valence-electron chi connectivity index (χ2n) is 6.30. The second-order valence-corrected chi connectivity index (χ2v) is 8.50. The summed E-state index contributed by atoms with van der Waals surface area (Å²) < 4.78 is 14.5. The zero-order valence-corrected chi connectivity index (χ0v) is 16.4. The maximum atomic E-state index is 13.9.